The first-order valence-electron chi connectivity index (χ1n) is 14.3. The minimum atomic E-state index is -1.52. The topological polar surface area (TPSA) is 119 Å². The zero-order valence-electron chi connectivity index (χ0n) is 24.7. The zero-order chi connectivity index (χ0) is 29.9. The van der Waals surface area contributed by atoms with Crippen LogP contribution in [0.1, 0.15) is 82.8 Å². The maximum atomic E-state index is 14.5. The third-order valence-corrected chi connectivity index (χ3v) is 9.72. The molecule has 2 N–H and O–H groups in total. The van der Waals surface area contributed by atoms with Gasteiger partial charge in [0.15, 0.2) is 22.8 Å². The van der Waals surface area contributed by atoms with Crippen molar-refractivity contribution in [3.05, 3.63) is 51.6 Å². The molecule has 0 radical (unpaired) electrons. The van der Waals surface area contributed by atoms with Crippen molar-refractivity contribution in [3.8, 4) is 17.2 Å². The van der Waals surface area contributed by atoms with Crippen molar-refractivity contribution in [2.24, 2.45) is 11.8 Å². The number of hydrogen-bond donors (Lipinski definition) is 2. The Balaban J connectivity index is 1.63. The average Bonchev–Trinajstić information content (AvgIpc) is 3.40. The third-order valence-electron chi connectivity index (χ3n) is 9.72. The van der Waals surface area contributed by atoms with Crippen LogP contribution < -0.4 is 9.47 Å². The summed E-state index contributed by atoms with van der Waals surface area (Å²) in [5, 5.41) is 22.4. The summed E-state index contributed by atoms with van der Waals surface area (Å²) in [6.07, 6.45) is 6.61. The number of ketones is 2. The van der Waals surface area contributed by atoms with Crippen LogP contribution in [0.3, 0.4) is 0 Å². The summed E-state index contributed by atoms with van der Waals surface area (Å²) in [7, 11) is 0. The van der Waals surface area contributed by atoms with E-state index in [2.05, 4.69) is 0 Å². The van der Waals surface area contributed by atoms with Crippen LogP contribution in [-0.2, 0) is 27.2 Å². The first-order valence-corrected chi connectivity index (χ1v) is 14.3. The molecular formula is C33H38O8. The monoisotopic (exact) mass is 562 g/mol. The van der Waals surface area contributed by atoms with E-state index in [0.717, 1.165) is 11.9 Å². The summed E-state index contributed by atoms with van der Waals surface area (Å²) in [5.74, 6) is -1.05. The van der Waals surface area contributed by atoms with Crippen molar-refractivity contribution >= 4 is 17.9 Å². The van der Waals surface area contributed by atoms with Crippen LogP contribution in [0.2, 0.25) is 0 Å². The number of ether oxygens (including phenoxy) is 3. The number of rotatable bonds is 6. The summed E-state index contributed by atoms with van der Waals surface area (Å²) >= 11 is 0. The van der Waals surface area contributed by atoms with E-state index >= 15 is 0 Å². The molecule has 3 aliphatic carbocycles. The molecule has 1 unspecified atom stereocenters. The number of allylic oxidation sites excluding steroid dienone is 4. The lowest BCUT2D eigenvalue weighted by atomic mass is 9.51. The zero-order valence-corrected chi connectivity index (χ0v) is 24.7. The summed E-state index contributed by atoms with van der Waals surface area (Å²) in [6.45, 7) is 12.7. The molecule has 8 heteroatoms. The van der Waals surface area contributed by atoms with E-state index < -0.39 is 34.4 Å². The highest BCUT2D eigenvalue weighted by Gasteiger charge is 2.81. The Hall–Kier alpha value is -3.23. The Morgan fingerprint density at radius 1 is 1.15 bits per heavy atom. The normalized spacial score (nSPS) is 32.4. The molecular weight excluding hydrogens is 524 g/mol. The number of aliphatic hydroxyl groups is 1. The standard InChI is InChI=1S/C33H38O8/c1-16(2)8-9-19-27-20(14-23(39-27)30(4,5)38)25(35)24-26(36)21-12-18-13-22-31(6,7)41-32(29(18)37,11-10-17(3)15-34)33(21,22)40-28(19)24/h8,10,12,15,18,22-23,35,38H,9,11,13-14H2,1-7H3/b17-10+/t18-,22+,23?,32+,33-/m0/s1. The predicted octanol–water partition coefficient (Wildman–Crippen LogP) is 4.52. The number of aldehydes is 1. The molecule has 4 bridgehead atoms. The van der Waals surface area contributed by atoms with Crippen molar-refractivity contribution < 1.29 is 38.8 Å². The van der Waals surface area contributed by atoms with Crippen molar-refractivity contribution in [3.63, 3.8) is 0 Å². The first-order chi connectivity index (χ1) is 19.1. The lowest BCUT2D eigenvalue weighted by Gasteiger charge is -2.56. The minimum Gasteiger partial charge on any atom is -0.507 e. The van der Waals surface area contributed by atoms with E-state index in [4.69, 9.17) is 14.2 Å². The molecule has 0 aromatic heterocycles. The number of carbonyl (C=O) groups is 3. The molecule has 8 nitrogen and oxygen atoms in total. The fraction of sp³-hybridized carbons (Fsp3) is 0.545. The highest BCUT2D eigenvalue weighted by molar-refractivity contribution is 6.18. The van der Waals surface area contributed by atoms with Gasteiger partial charge in [0, 0.05) is 41.4 Å². The highest BCUT2D eigenvalue weighted by Crippen LogP contribution is 2.68. The van der Waals surface area contributed by atoms with E-state index in [9.17, 15) is 24.6 Å². The molecule has 2 fully saturated rings. The number of benzene rings is 1. The molecule has 3 aliphatic heterocycles. The molecule has 1 aromatic carbocycles. The van der Waals surface area contributed by atoms with Gasteiger partial charge < -0.3 is 24.4 Å². The molecule has 3 heterocycles. The lowest BCUT2D eigenvalue weighted by molar-refractivity contribution is -0.171. The van der Waals surface area contributed by atoms with E-state index in [1.165, 1.54) is 0 Å². The number of carbonyl (C=O) groups excluding carboxylic acids is 3. The van der Waals surface area contributed by atoms with Crippen LogP contribution in [0.4, 0.5) is 0 Å². The SMILES string of the molecule is CC(C)=CCc1c2c(c(O)c3c1O[C@@]14C(=C[C@H]5C[C@@H]1C(C)(C)O[C@]4(C/C=C(\C)C=O)C5=O)C3=O)CC(C(C)(C)O)O2. The maximum Gasteiger partial charge on any atom is 0.200 e. The molecule has 6 aliphatic rings. The number of fused-ring (bicyclic) bond motifs is 2. The van der Waals surface area contributed by atoms with Crippen LogP contribution in [0.15, 0.2) is 34.9 Å². The fourth-order valence-electron chi connectivity index (χ4n) is 7.69. The molecule has 1 spiro atoms. The van der Waals surface area contributed by atoms with Gasteiger partial charge in [0.2, 0.25) is 0 Å². The average molecular weight is 563 g/mol. The predicted molar refractivity (Wildman–Crippen MR) is 150 cm³/mol. The minimum absolute atomic E-state index is 0.0600. The Morgan fingerprint density at radius 2 is 1.85 bits per heavy atom. The molecule has 5 atom stereocenters. The number of aromatic hydroxyl groups is 1. The maximum absolute atomic E-state index is 14.5. The van der Waals surface area contributed by atoms with Gasteiger partial charge in [0.1, 0.15) is 35.2 Å². The van der Waals surface area contributed by atoms with Crippen molar-refractivity contribution in [2.45, 2.75) is 103 Å². The van der Waals surface area contributed by atoms with Gasteiger partial charge in [-0.1, -0.05) is 23.8 Å². The molecule has 1 aromatic rings. The van der Waals surface area contributed by atoms with Crippen LogP contribution in [0.25, 0.3) is 0 Å². The fourth-order valence-corrected chi connectivity index (χ4v) is 7.69. The van der Waals surface area contributed by atoms with Gasteiger partial charge in [-0.2, -0.15) is 0 Å². The van der Waals surface area contributed by atoms with Gasteiger partial charge in [-0.15, -0.1) is 0 Å². The quantitative estimate of drug-likeness (QED) is 0.295. The van der Waals surface area contributed by atoms with Gasteiger partial charge >= 0.3 is 0 Å². The van der Waals surface area contributed by atoms with Gasteiger partial charge in [-0.3, -0.25) is 14.4 Å². The van der Waals surface area contributed by atoms with Crippen LogP contribution >= 0.6 is 0 Å². The van der Waals surface area contributed by atoms with Crippen LogP contribution in [0, 0.1) is 11.8 Å². The number of phenolic OH excluding ortho intramolecular Hbond substituents is 1. The van der Waals surface area contributed by atoms with Crippen molar-refractivity contribution in [1.82, 2.24) is 0 Å². The Bertz CT molecular complexity index is 1500. The second-order valence-corrected chi connectivity index (χ2v) is 13.6. The molecule has 218 valence electrons. The smallest absolute Gasteiger partial charge is 0.200 e. The lowest BCUT2D eigenvalue weighted by Crippen LogP contribution is -2.72. The summed E-state index contributed by atoms with van der Waals surface area (Å²) in [6, 6.07) is 0. The molecule has 0 amide bonds. The molecule has 1 saturated heterocycles. The van der Waals surface area contributed by atoms with Crippen LogP contribution in [-0.4, -0.2) is 56.6 Å². The van der Waals surface area contributed by atoms with E-state index in [0.29, 0.717) is 40.9 Å². The highest BCUT2D eigenvalue weighted by atomic mass is 16.6. The number of Topliss-reactive ketones (excluding diaryl/α,β-unsaturated/α-hetero) is 2. The summed E-state index contributed by atoms with van der Waals surface area (Å²) in [4.78, 5) is 40.2. The van der Waals surface area contributed by atoms with Gasteiger partial charge in [-0.05, 0) is 66.9 Å². The summed E-state index contributed by atoms with van der Waals surface area (Å²) in [5.41, 5.74) is -2.03. The van der Waals surface area contributed by atoms with Crippen molar-refractivity contribution in [1.29, 1.82) is 0 Å². The number of hydrogen-bond acceptors (Lipinski definition) is 8. The molecule has 1 saturated carbocycles. The largest absolute Gasteiger partial charge is 0.507 e. The van der Waals surface area contributed by atoms with E-state index in [1.54, 1.807) is 32.9 Å². The van der Waals surface area contributed by atoms with Crippen molar-refractivity contribution in [2.75, 3.05) is 0 Å². The van der Waals surface area contributed by atoms with Gasteiger partial charge in [-0.25, -0.2) is 0 Å². The second-order valence-electron chi connectivity index (χ2n) is 13.6. The first kappa shape index (κ1) is 27.9. The van der Waals surface area contributed by atoms with E-state index in [-0.39, 0.29) is 47.4 Å². The molecule has 41 heavy (non-hydrogen) atoms. The van der Waals surface area contributed by atoms with Gasteiger partial charge in [0.25, 0.3) is 0 Å². The Kier molecular flexibility index (Phi) is 5.89. The van der Waals surface area contributed by atoms with Crippen LogP contribution in [0.5, 0.6) is 17.2 Å². The Labute approximate surface area is 240 Å². The van der Waals surface area contributed by atoms with Gasteiger partial charge in [0.05, 0.1) is 11.2 Å². The third kappa shape index (κ3) is 3.56. The summed E-state index contributed by atoms with van der Waals surface area (Å²) < 4.78 is 20.0. The Morgan fingerprint density at radius 3 is 2.49 bits per heavy atom. The molecule has 7 rings (SSSR count). The number of phenols is 1. The van der Waals surface area contributed by atoms with E-state index in [1.807, 2.05) is 33.8 Å². The second kappa shape index (κ2) is 8.65.